The van der Waals surface area contributed by atoms with E-state index in [2.05, 4.69) is 5.32 Å². The van der Waals surface area contributed by atoms with Crippen LogP contribution in [0.4, 0.5) is 4.39 Å². The lowest BCUT2D eigenvalue weighted by Gasteiger charge is -2.24. The van der Waals surface area contributed by atoms with Crippen molar-refractivity contribution in [2.75, 3.05) is 26.5 Å². The molecule has 1 heterocycles. The number of halogens is 1. The van der Waals surface area contributed by atoms with Crippen LogP contribution in [-0.4, -0.2) is 34.9 Å². The van der Waals surface area contributed by atoms with E-state index in [1.807, 2.05) is 0 Å². The first-order valence-corrected chi connectivity index (χ1v) is 8.11. The maximum atomic E-state index is 14.5. The van der Waals surface area contributed by atoms with E-state index >= 15 is 0 Å². The largest absolute Gasteiger partial charge is 0.495 e. The molecule has 1 aliphatic heterocycles. The van der Waals surface area contributed by atoms with Gasteiger partial charge >= 0.3 is 0 Å². The van der Waals surface area contributed by atoms with Gasteiger partial charge in [0.25, 0.3) is 0 Å². The molecule has 106 valence electrons. The minimum atomic E-state index is -3.65. The molecule has 1 saturated heterocycles. The molecule has 0 amide bonds. The summed E-state index contributed by atoms with van der Waals surface area (Å²) in [4.78, 5) is -0.328. The second-order valence-corrected chi connectivity index (χ2v) is 6.75. The summed E-state index contributed by atoms with van der Waals surface area (Å²) in [6.45, 7) is 1.65. The molecule has 0 saturated carbocycles. The van der Waals surface area contributed by atoms with Crippen LogP contribution in [0.3, 0.4) is 0 Å². The van der Waals surface area contributed by atoms with Gasteiger partial charge in [-0.15, -0.1) is 0 Å². The number of hydrogen-bond acceptors (Lipinski definition) is 4. The summed E-state index contributed by atoms with van der Waals surface area (Å²) < 4.78 is 43.0. The van der Waals surface area contributed by atoms with Gasteiger partial charge < -0.3 is 10.1 Å². The van der Waals surface area contributed by atoms with Crippen LogP contribution in [0, 0.1) is 5.82 Å². The average molecular weight is 287 g/mol. The van der Waals surface area contributed by atoms with Gasteiger partial charge in [-0.3, -0.25) is 0 Å². The van der Waals surface area contributed by atoms with Crippen LogP contribution in [0.2, 0.25) is 0 Å². The summed E-state index contributed by atoms with van der Waals surface area (Å²) in [7, 11) is -2.31. The van der Waals surface area contributed by atoms with Gasteiger partial charge in [-0.25, -0.2) is 12.8 Å². The molecule has 6 heteroatoms. The van der Waals surface area contributed by atoms with E-state index in [1.165, 1.54) is 13.2 Å². The van der Waals surface area contributed by atoms with E-state index in [0.29, 0.717) is 5.56 Å². The van der Waals surface area contributed by atoms with Crippen LogP contribution in [0.5, 0.6) is 5.75 Å². The second kappa shape index (κ2) is 5.46. The first-order valence-electron chi connectivity index (χ1n) is 6.22. The number of hydrogen-bond donors (Lipinski definition) is 1. The minimum absolute atomic E-state index is 0.0626. The van der Waals surface area contributed by atoms with E-state index in [1.54, 1.807) is 6.07 Å². The molecule has 1 aromatic rings. The summed E-state index contributed by atoms with van der Waals surface area (Å²) in [6, 6.07) is 3.18. The smallest absolute Gasteiger partial charge is 0.182 e. The summed E-state index contributed by atoms with van der Waals surface area (Å²) in [5, 5.41) is 3.21. The molecule has 0 radical (unpaired) electrons. The molecule has 0 spiro atoms. The third-order valence-electron chi connectivity index (χ3n) is 3.46. The van der Waals surface area contributed by atoms with Crippen molar-refractivity contribution in [3.05, 3.63) is 23.5 Å². The molecular formula is C13H18FNO3S. The van der Waals surface area contributed by atoms with Gasteiger partial charge in [-0.1, -0.05) is 6.07 Å². The Hall–Kier alpha value is -1.14. The fourth-order valence-corrected chi connectivity index (χ4v) is 3.47. The van der Waals surface area contributed by atoms with Gasteiger partial charge in [-0.2, -0.15) is 0 Å². The van der Waals surface area contributed by atoms with Crippen LogP contribution in [0.15, 0.2) is 17.0 Å². The SMILES string of the molecule is COc1ccc(C2CCNCC2)c(F)c1S(C)(=O)=O. The highest BCUT2D eigenvalue weighted by atomic mass is 32.2. The summed E-state index contributed by atoms with van der Waals surface area (Å²) in [5.41, 5.74) is 0.475. The lowest BCUT2D eigenvalue weighted by atomic mass is 9.90. The van der Waals surface area contributed by atoms with Gasteiger partial charge in [0.1, 0.15) is 16.5 Å². The van der Waals surface area contributed by atoms with E-state index in [9.17, 15) is 12.8 Å². The Balaban J connectivity index is 2.53. The number of nitrogens with one attached hydrogen (secondary N) is 1. The van der Waals surface area contributed by atoms with Crippen molar-refractivity contribution in [1.82, 2.24) is 5.32 Å². The first kappa shape index (κ1) is 14.3. The molecular weight excluding hydrogens is 269 g/mol. The number of sulfone groups is 1. The van der Waals surface area contributed by atoms with Crippen molar-refractivity contribution in [1.29, 1.82) is 0 Å². The molecule has 19 heavy (non-hydrogen) atoms. The molecule has 0 bridgehead atoms. The standard InChI is InChI=1S/C13H18FNO3S/c1-18-11-4-3-10(9-5-7-15-8-6-9)12(14)13(11)19(2,16)17/h3-4,9,15H,5-8H2,1-2H3. The monoisotopic (exact) mass is 287 g/mol. The third-order valence-corrected chi connectivity index (χ3v) is 4.58. The Morgan fingerprint density at radius 1 is 1.32 bits per heavy atom. The average Bonchev–Trinajstić information content (AvgIpc) is 2.37. The van der Waals surface area contributed by atoms with Gasteiger partial charge in [-0.05, 0) is 43.5 Å². The summed E-state index contributed by atoms with van der Waals surface area (Å²) in [6.07, 6.45) is 2.62. The van der Waals surface area contributed by atoms with Crippen molar-refractivity contribution < 1.29 is 17.5 Å². The third kappa shape index (κ3) is 2.90. The van der Waals surface area contributed by atoms with Crippen molar-refractivity contribution in [2.24, 2.45) is 0 Å². The molecule has 0 aliphatic carbocycles. The van der Waals surface area contributed by atoms with Crippen LogP contribution in [-0.2, 0) is 9.84 Å². The van der Waals surface area contributed by atoms with E-state index in [-0.39, 0.29) is 16.6 Å². The topological polar surface area (TPSA) is 55.4 Å². The zero-order valence-electron chi connectivity index (χ0n) is 11.1. The van der Waals surface area contributed by atoms with Crippen LogP contribution < -0.4 is 10.1 Å². The summed E-state index contributed by atoms with van der Waals surface area (Å²) in [5.74, 6) is -0.529. The lowest BCUT2D eigenvalue weighted by Crippen LogP contribution is -2.27. The Kier molecular flexibility index (Phi) is 4.10. The minimum Gasteiger partial charge on any atom is -0.495 e. The normalized spacial score (nSPS) is 17.4. The maximum Gasteiger partial charge on any atom is 0.182 e. The molecule has 1 aliphatic rings. The Labute approximate surface area is 112 Å². The van der Waals surface area contributed by atoms with Gasteiger partial charge in [0.2, 0.25) is 0 Å². The molecule has 2 rings (SSSR count). The molecule has 0 atom stereocenters. The summed E-state index contributed by atoms with van der Waals surface area (Å²) >= 11 is 0. The maximum absolute atomic E-state index is 14.5. The fourth-order valence-electron chi connectivity index (χ4n) is 2.51. The van der Waals surface area contributed by atoms with Crippen molar-refractivity contribution >= 4 is 9.84 Å². The van der Waals surface area contributed by atoms with Gasteiger partial charge in [0.05, 0.1) is 7.11 Å². The van der Waals surface area contributed by atoms with E-state index in [4.69, 9.17) is 4.74 Å². The highest BCUT2D eigenvalue weighted by Crippen LogP contribution is 2.35. The highest BCUT2D eigenvalue weighted by molar-refractivity contribution is 7.90. The van der Waals surface area contributed by atoms with Gasteiger partial charge in [0.15, 0.2) is 9.84 Å². The van der Waals surface area contributed by atoms with E-state index < -0.39 is 15.7 Å². The van der Waals surface area contributed by atoms with Crippen LogP contribution >= 0.6 is 0 Å². The number of ether oxygens (including phenoxy) is 1. The van der Waals surface area contributed by atoms with Crippen molar-refractivity contribution in [2.45, 2.75) is 23.7 Å². The van der Waals surface area contributed by atoms with Crippen molar-refractivity contribution in [3.8, 4) is 5.75 Å². The molecule has 1 N–H and O–H groups in total. The lowest BCUT2D eigenvalue weighted by molar-refractivity contribution is 0.389. The Morgan fingerprint density at radius 2 is 1.95 bits per heavy atom. The number of rotatable bonds is 3. The highest BCUT2D eigenvalue weighted by Gasteiger charge is 2.26. The van der Waals surface area contributed by atoms with Gasteiger partial charge in [0, 0.05) is 6.26 Å². The zero-order valence-corrected chi connectivity index (χ0v) is 11.9. The Morgan fingerprint density at radius 3 is 2.47 bits per heavy atom. The quantitative estimate of drug-likeness (QED) is 0.919. The van der Waals surface area contributed by atoms with Crippen molar-refractivity contribution in [3.63, 3.8) is 0 Å². The van der Waals surface area contributed by atoms with E-state index in [0.717, 1.165) is 32.2 Å². The number of methoxy groups -OCH3 is 1. The number of piperidine rings is 1. The fraction of sp³-hybridized carbons (Fsp3) is 0.538. The molecule has 4 nitrogen and oxygen atoms in total. The molecule has 1 aromatic carbocycles. The predicted molar refractivity (Wildman–Crippen MR) is 70.9 cm³/mol. The molecule has 0 unspecified atom stereocenters. The Bertz CT molecular complexity index is 565. The first-order chi connectivity index (χ1) is 8.95. The zero-order chi connectivity index (χ0) is 14.0. The number of benzene rings is 1. The predicted octanol–water partition coefficient (Wildman–Crippen LogP) is 1.70. The molecule has 1 fully saturated rings. The second-order valence-electron chi connectivity index (χ2n) is 4.80. The van der Waals surface area contributed by atoms with Crippen LogP contribution in [0.25, 0.3) is 0 Å². The molecule has 0 aromatic heterocycles. The van der Waals surface area contributed by atoms with Crippen LogP contribution in [0.1, 0.15) is 24.3 Å².